The third kappa shape index (κ3) is 2.69. The number of fused-ring (bicyclic) bond motifs is 2. The number of pyridine rings is 2. The second kappa shape index (κ2) is 6.25. The van der Waals surface area contributed by atoms with E-state index in [4.69, 9.17) is 9.40 Å². The maximum absolute atomic E-state index is 5.54. The van der Waals surface area contributed by atoms with Crippen LogP contribution >= 0.6 is 0 Å². The summed E-state index contributed by atoms with van der Waals surface area (Å²) in [5.41, 5.74) is 3.72. The molecule has 3 aromatic rings. The molecule has 5 heteroatoms. The van der Waals surface area contributed by atoms with Crippen LogP contribution in [0.1, 0.15) is 23.6 Å². The van der Waals surface area contributed by atoms with Gasteiger partial charge in [0.1, 0.15) is 5.76 Å². The van der Waals surface area contributed by atoms with Crippen molar-refractivity contribution in [2.24, 2.45) is 0 Å². The number of hydrogen-bond acceptors (Lipinski definition) is 5. The smallest absolute Gasteiger partial charge is 0.117 e. The van der Waals surface area contributed by atoms with Crippen LogP contribution in [0.2, 0.25) is 0 Å². The highest BCUT2D eigenvalue weighted by atomic mass is 16.3. The minimum Gasteiger partial charge on any atom is -0.468 e. The highest BCUT2D eigenvalue weighted by Gasteiger charge is 2.48. The van der Waals surface area contributed by atoms with E-state index in [2.05, 4.69) is 39.0 Å². The summed E-state index contributed by atoms with van der Waals surface area (Å²) in [6.45, 7) is 4.81. The zero-order valence-electron chi connectivity index (χ0n) is 14.7. The molecule has 1 fully saturated rings. The first kappa shape index (κ1) is 15.6. The molecule has 0 N–H and O–H groups in total. The molecule has 1 atom stereocenters. The van der Waals surface area contributed by atoms with E-state index in [1.54, 1.807) is 6.26 Å². The highest BCUT2D eigenvalue weighted by molar-refractivity contribution is 5.60. The van der Waals surface area contributed by atoms with E-state index in [-0.39, 0.29) is 5.41 Å². The molecule has 0 saturated carbocycles. The Kier molecular flexibility index (Phi) is 3.75. The zero-order chi connectivity index (χ0) is 17.4. The van der Waals surface area contributed by atoms with Gasteiger partial charge < -0.3 is 9.32 Å². The molecule has 132 valence electrons. The second-order valence-corrected chi connectivity index (χ2v) is 7.37. The van der Waals surface area contributed by atoms with Gasteiger partial charge >= 0.3 is 0 Å². The first-order valence-corrected chi connectivity index (χ1v) is 9.18. The number of hydrogen-bond donors (Lipinski definition) is 0. The van der Waals surface area contributed by atoms with Crippen LogP contribution in [-0.4, -0.2) is 34.5 Å². The highest BCUT2D eigenvalue weighted by Crippen LogP contribution is 2.45. The Hall–Kier alpha value is -2.66. The minimum absolute atomic E-state index is 0.109. The van der Waals surface area contributed by atoms with Crippen LogP contribution in [-0.2, 0) is 18.5 Å². The van der Waals surface area contributed by atoms with Gasteiger partial charge in [-0.3, -0.25) is 14.9 Å². The van der Waals surface area contributed by atoms with Gasteiger partial charge in [-0.15, -0.1) is 0 Å². The van der Waals surface area contributed by atoms with Crippen molar-refractivity contribution in [1.82, 2.24) is 14.9 Å². The van der Waals surface area contributed by atoms with Gasteiger partial charge in [0.25, 0.3) is 0 Å². The van der Waals surface area contributed by atoms with E-state index < -0.39 is 0 Å². The molecule has 3 aromatic heterocycles. The standard InChI is InChI=1S/C21H22N4O/c1-2-9-22-17(5-1)13-25-16-21(20-19(25)7-3-10-23-20)8-11-24(15-21)14-18-6-4-12-26-18/h1-7,9-10,12H,8,11,13-16H2/t21-/m0/s1. The second-order valence-electron chi connectivity index (χ2n) is 7.37. The molecule has 0 unspecified atom stereocenters. The van der Waals surface area contributed by atoms with Gasteiger partial charge in [-0.05, 0) is 49.4 Å². The number of rotatable bonds is 4. The molecule has 2 aliphatic heterocycles. The van der Waals surface area contributed by atoms with Gasteiger partial charge in [0, 0.05) is 30.9 Å². The molecule has 5 heterocycles. The van der Waals surface area contributed by atoms with Gasteiger partial charge in [0.05, 0.1) is 36.4 Å². The lowest BCUT2D eigenvalue weighted by molar-refractivity contribution is 0.278. The Balaban J connectivity index is 1.40. The van der Waals surface area contributed by atoms with E-state index in [0.717, 1.165) is 50.6 Å². The van der Waals surface area contributed by atoms with Gasteiger partial charge in [-0.2, -0.15) is 0 Å². The Morgan fingerprint density at radius 1 is 0.962 bits per heavy atom. The monoisotopic (exact) mass is 346 g/mol. The van der Waals surface area contributed by atoms with E-state index >= 15 is 0 Å². The third-order valence-electron chi connectivity index (χ3n) is 5.59. The summed E-state index contributed by atoms with van der Waals surface area (Å²) in [6, 6.07) is 14.4. The lowest BCUT2D eigenvalue weighted by Crippen LogP contribution is -2.36. The van der Waals surface area contributed by atoms with Gasteiger partial charge in [0.15, 0.2) is 0 Å². The molecule has 26 heavy (non-hydrogen) atoms. The fraction of sp³-hybridized carbons (Fsp3) is 0.333. The van der Waals surface area contributed by atoms with Crippen molar-refractivity contribution in [2.45, 2.75) is 24.9 Å². The number of anilines is 1. The number of furan rings is 1. The van der Waals surface area contributed by atoms with Gasteiger partial charge in [-0.1, -0.05) is 6.07 Å². The predicted octanol–water partition coefficient (Wildman–Crippen LogP) is 3.23. The van der Waals surface area contributed by atoms with Crippen LogP contribution in [0, 0.1) is 0 Å². The maximum atomic E-state index is 5.54. The normalized spacial score (nSPS) is 22.2. The molecule has 0 bridgehead atoms. The first-order chi connectivity index (χ1) is 12.8. The first-order valence-electron chi connectivity index (χ1n) is 9.18. The molecule has 1 saturated heterocycles. The van der Waals surface area contributed by atoms with Crippen molar-refractivity contribution < 1.29 is 4.42 Å². The van der Waals surface area contributed by atoms with Crippen LogP contribution in [0.4, 0.5) is 5.69 Å². The zero-order valence-corrected chi connectivity index (χ0v) is 14.7. The topological polar surface area (TPSA) is 45.4 Å². The Morgan fingerprint density at radius 3 is 2.77 bits per heavy atom. The van der Waals surface area contributed by atoms with Crippen molar-refractivity contribution in [3.05, 3.63) is 78.3 Å². The van der Waals surface area contributed by atoms with Crippen molar-refractivity contribution in [1.29, 1.82) is 0 Å². The SMILES string of the molecule is c1ccc(CN2C[C@@]3(CCN(Cc4ccco4)C3)c3ncccc32)nc1. The Morgan fingerprint density at radius 2 is 1.92 bits per heavy atom. The molecule has 0 aromatic carbocycles. The summed E-state index contributed by atoms with van der Waals surface area (Å²) >= 11 is 0. The van der Waals surface area contributed by atoms with Crippen molar-refractivity contribution in [3.63, 3.8) is 0 Å². The molecule has 5 nitrogen and oxygen atoms in total. The molecular weight excluding hydrogens is 324 g/mol. The fourth-order valence-electron chi connectivity index (χ4n) is 4.45. The van der Waals surface area contributed by atoms with Gasteiger partial charge in [0.2, 0.25) is 0 Å². The van der Waals surface area contributed by atoms with Crippen molar-refractivity contribution >= 4 is 5.69 Å². The fourth-order valence-corrected chi connectivity index (χ4v) is 4.45. The predicted molar refractivity (Wildman–Crippen MR) is 99.8 cm³/mol. The molecule has 0 radical (unpaired) electrons. The van der Waals surface area contributed by atoms with Crippen LogP contribution in [0.5, 0.6) is 0 Å². The summed E-state index contributed by atoms with van der Waals surface area (Å²) in [6.07, 6.45) is 6.69. The minimum atomic E-state index is 0.109. The Bertz CT molecular complexity index is 880. The summed E-state index contributed by atoms with van der Waals surface area (Å²) in [5.74, 6) is 1.03. The number of aromatic nitrogens is 2. The average Bonchev–Trinajstić information content (AvgIpc) is 3.39. The summed E-state index contributed by atoms with van der Waals surface area (Å²) in [4.78, 5) is 14.2. The summed E-state index contributed by atoms with van der Waals surface area (Å²) in [5, 5.41) is 0. The largest absolute Gasteiger partial charge is 0.468 e. The lowest BCUT2D eigenvalue weighted by atomic mass is 9.85. The number of nitrogens with zero attached hydrogens (tertiary/aromatic N) is 4. The van der Waals surface area contributed by atoms with E-state index in [1.165, 1.54) is 11.4 Å². The van der Waals surface area contributed by atoms with Crippen LogP contribution in [0.3, 0.4) is 0 Å². The van der Waals surface area contributed by atoms with Crippen molar-refractivity contribution in [2.75, 3.05) is 24.5 Å². The summed E-state index contributed by atoms with van der Waals surface area (Å²) < 4.78 is 5.54. The average molecular weight is 346 g/mol. The van der Waals surface area contributed by atoms with Gasteiger partial charge in [-0.25, -0.2) is 0 Å². The molecule has 0 aliphatic carbocycles. The number of likely N-dealkylation sites (tertiary alicyclic amines) is 1. The van der Waals surface area contributed by atoms with Crippen molar-refractivity contribution in [3.8, 4) is 0 Å². The molecule has 0 amide bonds. The molecule has 5 rings (SSSR count). The van der Waals surface area contributed by atoms with E-state index in [0.29, 0.717) is 0 Å². The third-order valence-corrected chi connectivity index (χ3v) is 5.59. The quantitative estimate of drug-likeness (QED) is 0.726. The molecule has 1 spiro atoms. The molecular formula is C21H22N4O. The summed E-state index contributed by atoms with van der Waals surface area (Å²) in [7, 11) is 0. The van der Waals surface area contributed by atoms with Crippen LogP contribution in [0.25, 0.3) is 0 Å². The van der Waals surface area contributed by atoms with E-state index in [9.17, 15) is 0 Å². The van der Waals surface area contributed by atoms with Crippen LogP contribution in [0.15, 0.2) is 65.5 Å². The Labute approximate surface area is 153 Å². The molecule has 2 aliphatic rings. The van der Waals surface area contributed by atoms with Crippen LogP contribution < -0.4 is 4.90 Å². The lowest BCUT2D eigenvalue weighted by Gasteiger charge is -2.25. The maximum Gasteiger partial charge on any atom is 0.117 e. The van der Waals surface area contributed by atoms with E-state index in [1.807, 2.05) is 30.6 Å².